The van der Waals surface area contributed by atoms with Gasteiger partial charge in [-0.15, -0.1) is 0 Å². The third-order valence-electron chi connectivity index (χ3n) is 6.11. The maximum Gasteiger partial charge on any atom is 0.416 e. The van der Waals surface area contributed by atoms with Gasteiger partial charge in [0.25, 0.3) is 5.91 Å². The number of carbonyl (C=O) groups excluding carboxylic acids is 2. The zero-order valence-corrected chi connectivity index (χ0v) is 19.4. The lowest BCUT2D eigenvalue weighted by atomic mass is 9.90. The summed E-state index contributed by atoms with van der Waals surface area (Å²) in [5, 5.41) is 1.58. The molecule has 0 spiro atoms. The molecule has 0 aliphatic carbocycles. The van der Waals surface area contributed by atoms with Gasteiger partial charge in [-0.1, -0.05) is 52.3 Å². The Morgan fingerprint density at radius 2 is 1.62 bits per heavy atom. The van der Waals surface area contributed by atoms with Crippen LogP contribution in [0.3, 0.4) is 0 Å². The monoisotopic (exact) mass is 530 g/mol. The predicted molar refractivity (Wildman–Crippen MR) is 123 cm³/mol. The summed E-state index contributed by atoms with van der Waals surface area (Å²) < 4.78 is 40.6. The van der Waals surface area contributed by atoms with E-state index in [0.29, 0.717) is 5.69 Å². The average Bonchev–Trinajstić information content (AvgIpc) is 3.30. The molecule has 34 heavy (non-hydrogen) atoms. The number of carbonyl (C=O) groups is 2. The summed E-state index contributed by atoms with van der Waals surface area (Å²) in [6.45, 7) is 1.89. The second-order valence-corrected chi connectivity index (χ2v) is 9.14. The van der Waals surface area contributed by atoms with Crippen LogP contribution in [0.2, 0.25) is 0 Å². The molecule has 0 aromatic heterocycles. The molecule has 2 aliphatic rings. The van der Waals surface area contributed by atoms with Crippen LogP contribution >= 0.6 is 15.9 Å². The minimum Gasteiger partial charge on any atom is -0.273 e. The van der Waals surface area contributed by atoms with Gasteiger partial charge in [0.05, 0.1) is 23.0 Å². The SMILES string of the molecule is Cc1ccccc1N1OC2C(=O)N(c3cccc(C(F)(F)F)c3)C(=O)C2C1c1ccc(Br)cc1. The lowest BCUT2D eigenvalue weighted by Gasteiger charge is -2.30. The lowest BCUT2D eigenvalue weighted by molar-refractivity contribution is -0.137. The third kappa shape index (κ3) is 3.69. The van der Waals surface area contributed by atoms with Gasteiger partial charge in [0.1, 0.15) is 5.92 Å². The minimum absolute atomic E-state index is 0.125. The van der Waals surface area contributed by atoms with Crippen LogP contribution in [0.1, 0.15) is 22.7 Å². The van der Waals surface area contributed by atoms with E-state index >= 15 is 0 Å². The summed E-state index contributed by atoms with van der Waals surface area (Å²) in [5.41, 5.74) is 1.27. The molecule has 2 aliphatic heterocycles. The number of aryl methyl sites for hydroxylation is 1. The number of halogens is 4. The first-order valence-corrected chi connectivity index (χ1v) is 11.3. The Kier molecular flexibility index (Phi) is 5.49. The van der Waals surface area contributed by atoms with Crippen LogP contribution in [0.25, 0.3) is 0 Å². The van der Waals surface area contributed by atoms with E-state index in [-0.39, 0.29) is 5.69 Å². The number of para-hydroxylation sites is 1. The Morgan fingerprint density at radius 1 is 0.912 bits per heavy atom. The van der Waals surface area contributed by atoms with Crippen molar-refractivity contribution >= 4 is 39.1 Å². The number of hydrogen-bond donors (Lipinski definition) is 0. The molecule has 2 amide bonds. The van der Waals surface area contributed by atoms with Crippen LogP contribution in [0.4, 0.5) is 24.5 Å². The zero-order valence-electron chi connectivity index (χ0n) is 17.8. The molecule has 2 fully saturated rings. The van der Waals surface area contributed by atoms with E-state index in [2.05, 4.69) is 15.9 Å². The van der Waals surface area contributed by atoms with Crippen LogP contribution in [0.5, 0.6) is 0 Å². The number of hydrogen-bond acceptors (Lipinski definition) is 4. The van der Waals surface area contributed by atoms with Gasteiger partial charge in [-0.25, -0.2) is 9.96 Å². The lowest BCUT2D eigenvalue weighted by Crippen LogP contribution is -2.37. The van der Waals surface area contributed by atoms with Crippen molar-refractivity contribution in [3.05, 3.63) is 94.0 Å². The van der Waals surface area contributed by atoms with E-state index in [9.17, 15) is 22.8 Å². The minimum atomic E-state index is -4.60. The topological polar surface area (TPSA) is 49.9 Å². The summed E-state index contributed by atoms with van der Waals surface area (Å²) in [7, 11) is 0. The zero-order chi connectivity index (χ0) is 24.2. The Balaban J connectivity index is 1.58. The maximum absolute atomic E-state index is 13.6. The van der Waals surface area contributed by atoms with Crippen LogP contribution in [-0.4, -0.2) is 17.9 Å². The number of hydroxylamine groups is 1. The van der Waals surface area contributed by atoms with Gasteiger partial charge in [-0.05, 0) is 54.4 Å². The molecule has 0 radical (unpaired) electrons. The first-order chi connectivity index (χ1) is 16.2. The number of anilines is 2. The van der Waals surface area contributed by atoms with Gasteiger partial charge in [-0.2, -0.15) is 13.2 Å². The standard InChI is InChI=1S/C25H18BrF3N2O3/c1-14-5-2-3-8-19(14)31-21(15-9-11-17(26)12-10-15)20-22(34-31)24(33)30(23(20)32)18-7-4-6-16(13-18)25(27,28)29/h2-13,20-22H,1H3. The molecular weight excluding hydrogens is 513 g/mol. The van der Waals surface area contributed by atoms with Crippen molar-refractivity contribution in [1.29, 1.82) is 0 Å². The van der Waals surface area contributed by atoms with Gasteiger partial charge < -0.3 is 0 Å². The van der Waals surface area contributed by atoms with Crippen molar-refractivity contribution in [3.63, 3.8) is 0 Å². The second-order valence-electron chi connectivity index (χ2n) is 8.22. The van der Waals surface area contributed by atoms with Gasteiger partial charge >= 0.3 is 6.18 Å². The van der Waals surface area contributed by atoms with E-state index < -0.39 is 41.6 Å². The predicted octanol–water partition coefficient (Wildman–Crippen LogP) is 5.83. The highest BCUT2D eigenvalue weighted by Crippen LogP contribution is 2.48. The van der Waals surface area contributed by atoms with Crippen molar-refractivity contribution in [2.45, 2.75) is 25.2 Å². The fraction of sp³-hybridized carbons (Fsp3) is 0.200. The first kappa shape index (κ1) is 22.6. The van der Waals surface area contributed by atoms with Crippen LogP contribution in [0, 0.1) is 12.8 Å². The molecule has 174 valence electrons. The molecule has 3 atom stereocenters. The summed E-state index contributed by atoms with van der Waals surface area (Å²) >= 11 is 3.40. The van der Waals surface area contributed by atoms with Gasteiger partial charge in [-0.3, -0.25) is 14.4 Å². The molecule has 2 heterocycles. The summed E-state index contributed by atoms with van der Waals surface area (Å²) in [4.78, 5) is 33.8. The van der Waals surface area contributed by atoms with E-state index in [1.54, 1.807) is 5.06 Å². The first-order valence-electron chi connectivity index (χ1n) is 10.5. The summed E-state index contributed by atoms with van der Waals surface area (Å²) in [6, 6.07) is 18.3. The van der Waals surface area contributed by atoms with Crippen molar-refractivity contribution < 1.29 is 27.6 Å². The fourth-order valence-electron chi connectivity index (χ4n) is 4.51. The molecule has 0 N–H and O–H groups in total. The largest absolute Gasteiger partial charge is 0.416 e. The molecule has 3 unspecified atom stereocenters. The number of benzene rings is 3. The van der Waals surface area contributed by atoms with Crippen molar-refractivity contribution in [2.24, 2.45) is 5.92 Å². The van der Waals surface area contributed by atoms with Crippen molar-refractivity contribution in [3.8, 4) is 0 Å². The number of alkyl halides is 3. The molecule has 5 nitrogen and oxygen atoms in total. The summed E-state index contributed by atoms with van der Waals surface area (Å²) in [6.07, 6.45) is -5.76. The van der Waals surface area contributed by atoms with E-state index in [0.717, 1.165) is 32.6 Å². The van der Waals surface area contributed by atoms with Gasteiger partial charge in [0.15, 0.2) is 6.10 Å². The Hall–Kier alpha value is -3.17. The van der Waals surface area contributed by atoms with Crippen LogP contribution in [0.15, 0.2) is 77.3 Å². The normalized spacial score (nSPS) is 22.4. The number of amides is 2. The smallest absolute Gasteiger partial charge is 0.273 e. The van der Waals surface area contributed by atoms with Gasteiger partial charge in [0.2, 0.25) is 5.91 Å². The Labute approximate surface area is 201 Å². The summed E-state index contributed by atoms with van der Waals surface area (Å²) in [5.74, 6) is -2.21. The number of rotatable bonds is 3. The highest BCUT2D eigenvalue weighted by molar-refractivity contribution is 9.10. The quantitative estimate of drug-likeness (QED) is 0.400. The maximum atomic E-state index is 13.6. The second kappa shape index (κ2) is 8.25. The molecule has 2 saturated heterocycles. The average molecular weight is 531 g/mol. The highest BCUT2D eigenvalue weighted by atomic mass is 79.9. The van der Waals surface area contributed by atoms with Gasteiger partial charge in [0, 0.05) is 4.47 Å². The van der Waals surface area contributed by atoms with E-state index in [1.807, 2.05) is 55.5 Å². The Bertz CT molecular complexity index is 1280. The molecule has 0 bridgehead atoms. The number of fused-ring (bicyclic) bond motifs is 1. The third-order valence-corrected chi connectivity index (χ3v) is 6.64. The molecule has 3 aromatic rings. The molecular formula is C25H18BrF3N2O3. The van der Waals surface area contributed by atoms with Crippen molar-refractivity contribution in [1.82, 2.24) is 0 Å². The molecule has 0 saturated carbocycles. The molecule has 3 aromatic carbocycles. The van der Waals surface area contributed by atoms with Crippen LogP contribution in [-0.2, 0) is 20.6 Å². The fourth-order valence-corrected chi connectivity index (χ4v) is 4.77. The van der Waals surface area contributed by atoms with E-state index in [4.69, 9.17) is 4.84 Å². The molecule has 5 rings (SSSR count). The Morgan fingerprint density at radius 3 is 2.29 bits per heavy atom. The van der Waals surface area contributed by atoms with E-state index in [1.165, 1.54) is 12.1 Å². The van der Waals surface area contributed by atoms with Crippen LogP contribution < -0.4 is 9.96 Å². The highest BCUT2D eigenvalue weighted by Gasteiger charge is 2.60. The number of imide groups is 1. The number of nitrogens with zero attached hydrogens (tertiary/aromatic N) is 2. The molecule has 9 heteroatoms. The van der Waals surface area contributed by atoms with Crippen molar-refractivity contribution in [2.75, 3.05) is 9.96 Å².